The average molecular weight is 284 g/mol. The van der Waals surface area contributed by atoms with E-state index >= 15 is 0 Å². The quantitative estimate of drug-likeness (QED) is 0.885. The Bertz CT molecular complexity index is 664. The van der Waals surface area contributed by atoms with Gasteiger partial charge < -0.3 is 15.2 Å². The molecular weight excluding hydrogens is 268 g/mol. The highest BCUT2D eigenvalue weighted by Crippen LogP contribution is 2.23. The largest absolute Gasteiger partial charge is 0.350 e. The van der Waals surface area contributed by atoms with Crippen LogP contribution in [0.15, 0.2) is 36.9 Å². The molecule has 1 aromatic heterocycles. The monoisotopic (exact) mass is 284 g/mol. The van der Waals surface area contributed by atoms with Crippen LogP contribution in [0.3, 0.4) is 0 Å². The lowest BCUT2D eigenvalue weighted by molar-refractivity contribution is -0.116. The molecule has 1 aliphatic rings. The van der Waals surface area contributed by atoms with Crippen LogP contribution in [0.25, 0.3) is 0 Å². The van der Waals surface area contributed by atoms with E-state index in [1.807, 2.05) is 16.8 Å². The van der Waals surface area contributed by atoms with Crippen LogP contribution in [0.4, 0.5) is 5.69 Å². The normalized spacial score (nSPS) is 13.4. The summed E-state index contributed by atoms with van der Waals surface area (Å²) in [6.45, 7) is 1.23. The van der Waals surface area contributed by atoms with Crippen molar-refractivity contribution in [3.05, 3.63) is 48.0 Å². The SMILES string of the molecule is O=C1CCc2cc(C(=O)NCCn3ccnc3)ccc2N1. The Kier molecular flexibility index (Phi) is 3.68. The van der Waals surface area contributed by atoms with E-state index < -0.39 is 0 Å². The molecule has 0 bridgehead atoms. The predicted octanol–water partition coefficient (Wildman–Crippen LogP) is 1.20. The van der Waals surface area contributed by atoms with Crippen LogP contribution >= 0.6 is 0 Å². The second-order valence-corrected chi connectivity index (χ2v) is 4.98. The van der Waals surface area contributed by atoms with Gasteiger partial charge in [-0.3, -0.25) is 9.59 Å². The zero-order valence-electron chi connectivity index (χ0n) is 11.5. The number of imidazole rings is 1. The maximum atomic E-state index is 12.1. The molecule has 21 heavy (non-hydrogen) atoms. The molecule has 0 saturated carbocycles. The highest BCUT2D eigenvalue weighted by Gasteiger charge is 2.16. The molecular formula is C15H16N4O2. The van der Waals surface area contributed by atoms with Gasteiger partial charge in [0.25, 0.3) is 5.91 Å². The fourth-order valence-corrected chi connectivity index (χ4v) is 2.34. The van der Waals surface area contributed by atoms with Gasteiger partial charge in [-0.2, -0.15) is 0 Å². The molecule has 0 saturated heterocycles. The van der Waals surface area contributed by atoms with Gasteiger partial charge in [0.05, 0.1) is 6.33 Å². The molecule has 108 valence electrons. The van der Waals surface area contributed by atoms with E-state index in [2.05, 4.69) is 15.6 Å². The number of rotatable bonds is 4. The van der Waals surface area contributed by atoms with Gasteiger partial charge in [0.15, 0.2) is 0 Å². The highest BCUT2D eigenvalue weighted by atomic mass is 16.2. The minimum absolute atomic E-state index is 0.0278. The molecule has 2 amide bonds. The Morgan fingerprint density at radius 3 is 3.10 bits per heavy atom. The molecule has 2 heterocycles. The number of amides is 2. The highest BCUT2D eigenvalue weighted by molar-refractivity contribution is 5.97. The van der Waals surface area contributed by atoms with Gasteiger partial charge in [0.2, 0.25) is 5.91 Å². The van der Waals surface area contributed by atoms with Crippen molar-refractivity contribution in [3.8, 4) is 0 Å². The van der Waals surface area contributed by atoms with E-state index in [0.717, 1.165) is 11.3 Å². The summed E-state index contributed by atoms with van der Waals surface area (Å²) in [7, 11) is 0. The molecule has 1 aliphatic heterocycles. The Hall–Kier alpha value is -2.63. The molecule has 2 aromatic rings. The van der Waals surface area contributed by atoms with Crippen molar-refractivity contribution >= 4 is 17.5 Å². The third-order valence-corrected chi connectivity index (χ3v) is 3.48. The number of nitrogens with zero attached hydrogens (tertiary/aromatic N) is 2. The summed E-state index contributed by atoms with van der Waals surface area (Å²) < 4.78 is 1.91. The van der Waals surface area contributed by atoms with Crippen LogP contribution in [-0.2, 0) is 17.8 Å². The van der Waals surface area contributed by atoms with E-state index in [0.29, 0.717) is 31.5 Å². The van der Waals surface area contributed by atoms with E-state index in [4.69, 9.17) is 0 Å². The fourth-order valence-electron chi connectivity index (χ4n) is 2.34. The number of hydrogen-bond acceptors (Lipinski definition) is 3. The number of carbonyl (C=O) groups excluding carboxylic acids is 2. The van der Waals surface area contributed by atoms with Crippen molar-refractivity contribution in [3.63, 3.8) is 0 Å². The maximum absolute atomic E-state index is 12.1. The van der Waals surface area contributed by atoms with Gasteiger partial charge in [-0.1, -0.05) is 0 Å². The molecule has 0 unspecified atom stereocenters. The van der Waals surface area contributed by atoms with E-state index in [1.54, 1.807) is 24.7 Å². The zero-order chi connectivity index (χ0) is 14.7. The topological polar surface area (TPSA) is 76.0 Å². The lowest BCUT2D eigenvalue weighted by Crippen LogP contribution is -2.27. The van der Waals surface area contributed by atoms with Gasteiger partial charge in [0.1, 0.15) is 0 Å². The summed E-state index contributed by atoms with van der Waals surface area (Å²) in [4.78, 5) is 27.3. The lowest BCUT2D eigenvalue weighted by Gasteiger charge is -2.17. The third kappa shape index (κ3) is 3.10. The van der Waals surface area contributed by atoms with E-state index in [-0.39, 0.29) is 11.8 Å². The minimum atomic E-state index is -0.102. The van der Waals surface area contributed by atoms with Crippen LogP contribution in [0, 0.1) is 0 Å². The molecule has 6 nitrogen and oxygen atoms in total. The smallest absolute Gasteiger partial charge is 0.251 e. The minimum Gasteiger partial charge on any atom is -0.350 e. The number of nitrogens with one attached hydrogen (secondary N) is 2. The first-order valence-corrected chi connectivity index (χ1v) is 6.89. The molecule has 3 rings (SSSR count). The molecule has 0 atom stereocenters. The van der Waals surface area contributed by atoms with Gasteiger partial charge >= 0.3 is 0 Å². The molecule has 1 aromatic carbocycles. The average Bonchev–Trinajstić information content (AvgIpc) is 3.00. The van der Waals surface area contributed by atoms with Crippen LogP contribution in [0.1, 0.15) is 22.3 Å². The Labute approximate surface area is 122 Å². The number of fused-ring (bicyclic) bond motifs is 1. The molecule has 0 radical (unpaired) electrons. The van der Waals surface area contributed by atoms with Crippen molar-refractivity contribution in [2.24, 2.45) is 0 Å². The van der Waals surface area contributed by atoms with Crippen molar-refractivity contribution in [1.29, 1.82) is 0 Å². The summed E-state index contributed by atoms with van der Waals surface area (Å²) in [5.74, 6) is -0.0742. The Morgan fingerprint density at radius 1 is 1.38 bits per heavy atom. The standard InChI is InChI=1S/C15H16N4O2/c20-14-4-2-11-9-12(1-3-13(11)18-14)15(21)17-6-8-19-7-5-16-10-19/h1,3,5,7,9-10H,2,4,6,8H2,(H,17,21)(H,18,20). The first-order chi connectivity index (χ1) is 10.2. The first kappa shape index (κ1) is 13.4. The van der Waals surface area contributed by atoms with Crippen molar-refractivity contribution < 1.29 is 9.59 Å². The van der Waals surface area contributed by atoms with Crippen LogP contribution < -0.4 is 10.6 Å². The van der Waals surface area contributed by atoms with E-state index in [1.165, 1.54) is 0 Å². The van der Waals surface area contributed by atoms with Gasteiger partial charge in [-0.05, 0) is 30.2 Å². The molecule has 6 heteroatoms. The van der Waals surface area contributed by atoms with Crippen LogP contribution in [-0.4, -0.2) is 27.9 Å². The Morgan fingerprint density at radius 2 is 2.29 bits per heavy atom. The maximum Gasteiger partial charge on any atom is 0.251 e. The van der Waals surface area contributed by atoms with Crippen molar-refractivity contribution in [1.82, 2.24) is 14.9 Å². The summed E-state index contributed by atoms with van der Waals surface area (Å²) in [5, 5.41) is 5.68. The number of carbonyl (C=O) groups is 2. The molecule has 0 spiro atoms. The number of hydrogen-bond donors (Lipinski definition) is 2. The number of benzene rings is 1. The third-order valence-electron chi connectivity index (χ3n) is 3.48. The predicted molar refractivity (Wildman–Crippen MR) is 78.0 cm³/mol. The van der Waals surface area contributed by atoms with Gasteiger partial charge in [0, 0.05) is 43.2 Å². The van der Waals surface area contributed by atoms with Crippen molar-refractivity contribution in [2.75, 3.05) is 11.9 Å². The number of aryl methyl sites for hydroxylation is 1. The van der Waals surface area contributed by atoms with Gasteiger partial charge in [-0.25, -0.2) is 4.98 Å². The van der Waals surface area contributed by atoms with Crippen LogP contribution in [0.5, 0.6) is 0 Å². The summed E-state index contributed by atoms with van der Waals surface area (Å²) in [5.41, 5.74) is 2.44. The molecule has 0 aliphatic carbocycles. The van der Waals surface area contributed by atoms with Crippen LogP contribution in [0.2, 0.25) is 0 Å². The number of aromatic nitrogens is 2. The van der Waals surface area contributed by atoms with E-state index in [9.17, 15) is 9.59 Å². The summed E-state index contributed by atoms with van der Waals surface area (Å²) in [6.07, 6.45) is 6.43. The summed E-state index contributed by atoms with van der Waals surface area (Å²) >= 11 is 0. The fraction of sp³-hybridized carbons (Fsp3) is 0.267. The molecule has 2 N–H and O–H groups in total. The second kappa shape index (κ2) is 5.78. The van der Waals surface area contributed by atoms with Crippen molar-refractivity contribution in [2.45, 2.75) is 19.4 Å². The summed E-state index contributed by atoms with van der Waals surface area (Å²) in [6, 6.07) is 5.37. The first-order valence-electron chi connectivity index (χ1n) is 6.89. The number of anilines is 1. The van der Waals surface area contributed by atoms with Gasteiger partial charge in [-0.15, -0.1) is 0 Å². The lowest BCUT2D eigenvalue weighted by atomic mass is 10.00. The second-order valence-electron chi connectivity index (χ2n) is 4.98. The molecule has 0 fully saturated rings. The Balaban J connectivity index is 1.61. The zero-order valence-corrected chi connectivity index (χ0v) is 11.5.